The van der Waals surface area contributed by atoms with Crippen LogP contribution in [0.3, 0.4) is 0 Å². The topological polar surface area (TPSA) is 177 Å². The molecule has 22 atom stereocenters. The normalized spacial score (nSPS) is 59.9. The van der Waals surface area contributed by atoms with Crippen molar-refractivity contribution in [3.05, 3.63) is 0 Å². The minimum Gasteiger partial charge on any atom is -0.394 e. The maximum Gasteiger partial charge on any atom is 0.187 e. The molecule has 0 radical (unpaired) electrons. The van der Waals surface area contributed by atoms with Gasteiger partial charge in [0.25, 0.3) is 0 Å². The van der Waals surface area contributed by atoms with E-state index in [4.69, 9.17) is 28.4 Å². The summed E-state index contributed by atoms with van der Waals surface area (Å²) in [5.41, 5.74) is 0.464. The Morgan fingerprint density at radius 1 is 0.706 bits per heavy atom. The van der Waals surface area contributed by atoms with Gasteiger partial charge in [-0.2, -0.15) is 0 Å². The molecule has 4 heterocycles. The van der Waals surface area contributed by atoms with Gasteiger partial charge in [0.1, 0.15) is 42.7 Å². The summed E-state index contributed by atoms with van der Waals surface area (Å²) in [4.78, 5) is 0. The van der Waals surface area contributed by atoms with Crippen molar-refractivity contribution < 1.29 is 59.1 Å². The average Bonchev–Trinajstić information content (AvgIpc) is 3.56. The van der Waals surface area contributed by atoms with Gasteiger partial charge < -0.3 is 59.1 Å². The second-order valence-electron chi connectivity index (χ2n) is 18.7. The zero-order valence-corrected chi connectivity index (χ0v) is 31.1. The van der Waals surface area contributed by atoms with Crippen LogP contribution in [0.4, 0.5) is 0 Å². The van der Waals surface area contributed by atoms with Crippen molar-refractivity contribution >= 4 is 0 Å². The molecule has 4 aliphatic heterocycles. The van der Waals surface area contributed by atoms with Crippen LogP contribution in [0.5, 0.6) is 0 Å². The molecular weight excluding hydrogens is 660 g/mol. The van der Waals surface area contributed by atoms with E-state index in [-0.39, 0.29) is 23.0 Å². The van der Waals surface area contributed by atoms with Crippen molar-refractivity contribution in [3.8, 4) is 0 Å². The summed E-state index contributed by atoms with van der Waals surface area (Å²) in [6, 6.07) is 0. The molecule has 51 heavy (non-hydrogen) atoms. The third kappa shape index (κ3) is 5.91. The molecule has 12 nitrogen and oxygen atoms in total. The van der Waals surface area contributed by atoms with Crippen LogP contribution < -0.4 is 0 Å². The minimum atomic E-state index is -1.60. The van der Waals surface area contributed by atoms with Gasteiger partial charge in [0, 0.05) is 12.3 Å². The first-order valence-electron chi connectivity index (χ1n) is 20.2. The highest BCUT2D eigenvalue weighted by Crippen LogP contribution is 2.71. The number of hydrogen-bond acceptors (Lipinski definition) is 12. The molecule has 4 saturated carbocycles. The lowest BCUT2D eigenvalue weighted by Gasteiger charge is -2.61. The molecule has 0 aromatic rings. The van der Waals surface area contributed by atoms with Crippen LogP contribution in [-0.4, -0.2) is 123 Å². The number of aliphatic hydroxyl groups is 6. The number of aliphatic hydroxyl groups excluding tert-OH is 6. The largest absolute Gasteiger partial charge is 0.394 e. The van der Waals surface area contributed by atoms with Crippen LogP contribution in [0, 0.1) is 52.3 Å². The third-order valence-corrected chi connectivity index (χ3v) is 16.1. The van der Waals surface area contributed by atoms with E-state index in [1.165, 1.54) is 25.7 Å². The fourth-order valence-electron chi connectivity index (χ4n) is 13.1. The zero-order chi connectivity index (χ0) is 36.2. The molecule has 8 fully saturated rings. The summed E-state index contributed by atoms with van der Waals surface area (Å²) in [7, 11) is 0. The van der Waals surface area contributed by atoms with Gasteiger partial charge in [0.15, 0.2) is 18.4 Å². The Kier molecular flexibility index (Phi) is 10.00. The van der Waals surface area contributed by atoms with E-state index in [0.29, 0.717) is 41.4 Å². The summed E-state index contributed by atoms with van der Waals surface area (Å²) in [5, 5.41) is 62.9. The molecular formula is C39H64O12. The SMILES string of the molecule is C[C@H]1CC[C@@]2(OC1)O[C@H]1C[C@H]3[C@@H]4CC[C@H]5C[C@@H](O[C@@H]6O[C@H](CO)[C@@H](O)[C@H](O)[C@H]6O[C@@H]6O[C@@H](C)[C@H](O)[C@@H](O)[C@H]6O)CC[C@]5(C)[C@H]4CC[C@]3(C)[C@H]1[C@@H]2C. The monoisotopic (exact) mass is 724 g/mol. The maximum absolute atomic E-state index is 11.1. The Hall–Kier alpha value is -0.480. The van der Waals surface area contributed by atoms with Crippen LogP contribution in [-0.2, 0) is 28.4 Å². The second kappa shape index (κ2) is 13.6. The standard InChI is InChI=1S/C39H64O12/c1-18-8-13-39(46-17-18)19(2)28-26(51-39)15-25-23-7-6-21-14-22(9-11-37(21,4)24(23)10-12-38(25,28)5)48-36-34(32(44)30(42)27(16-40)49-36)50-35-33(45)31(43)29(41)20(3)47-35/h18-36,40-45H,6-17H2,1-5H3/t18-,19-,20-,21-,22-,23+,24-,25-,26-,27+,28-,29-,30+,31+,32-,33+,34+,35-,36+,37-,38-,39+/m0/s1. The van der Waals surface area contributed by atoms with Gasteiger partial charge in [-0.05, 0) is 111 Å². The van der Waals surface area contributed by atoms with Crippen molar-refractivity contribution in [2.75, 3.05) is 13.2 Å². The van der Waals surface area contributed by atoms with Gasteiger partial charge in [-0.1, -0.05) is 27.7 Å². The lowest BCUT2D eigenvalue weighted by molar-refractivity contribution is -0.371. The van der Waals surface area contributed by atoms with Gasteiger partial charge in [-0.15, -0.1) is 0 Å². The fraction of sp³-hybridized carbons (Fsp3) is 1.00. The van der Waals surface area contributed by atoms with E-state index in [1.54, 1.807) is 6.92 Å². The van der Waals surface area contributed by atoms with Crippen LogP contribution >= 0.6 is 0 Å². The zero-order valence-electron chi connectivity index (χ0n) is 31.1. The first kappa shape index (κ1) is 37.4. The second-order valence-corrected chi connectivity index (χ2v) is 18.7. The molecule has 1 spiro atoms. The van der Waals surface area contributed by atoms with E-state index >= 15 is 0 Å². The van der Waals surface area contributed by atoms with Gasteiger partial charge in [0.2, 0.25) is 0 Å². The van der Waals surface area contributed by atoms with Gasteiger partial charge in [-0.3, -0.25) is 0 Å². The lowest BCUT2D eigenvalue weighted by atomic mass is 9.44. The Labute approximate surface area is 302 Å². The first-order valence-corrected chi connectivity index (χ1v) is 20.2. The number of ether oxygens (including phenoxy) is 6. The van der Waals surface area contributed by atoms with E-state index in [1.807, 2.05) is 0 Å². The highest BCUT2D eigenvalue weighted by Gasteiger charge is 2.69. The van der Waals surface area contributed by atoms with Gasteiger partial charge in [-0.25, -0.2) is 0 Å². The van der Waals surface area contributed by atoms with Crippen molar-refractivity contribution in [2.24, 2.45) is 52.3 Å². The summed E-state index contributed by atoms with van der Waals surface area (Å²) < 4.78 is 37.7. The molecule has 0 bridgehead atoms. The third-order valence-electron chi connectivity index (χ3n) is 16.1. The highest BCUT2D eigenvalue weighted by molar-refractivity contribution is 5.15. The molecule has 292 valence electrons. The average molecular weight is 725 g/mol. The summed E-state index contributed by atoms with van der Waals surface area (Å²) in [6.07, 6.45) is -2.28. The molecule has 0 aromatic carbocycles. The summed E-state index contributed by atoms with van der Waals surface area (Å²) >= 11 is 0. The van der Waals surface area contributed by atoms with E-state index in [9.17, 15) is 30.6 Å². The predicted octanol–water partition coefficient (Wildman–Crippen LogP) is 2.47. The van der Waals surface area contributed by atoms with E-state index in [0.717, 1.165) is 45.1 Å². The van der Waals surface area contributed by atoms with Crippen LogP contribution in [0.25, 0.3) is 0 Å². The highest BCUT2D eigenvalue weighted by atomic mass is 16.8. The first-order chi connectivity index (χ1) is 24.2. The molecule has 6 N–H and O–H groups in total. The fourth-order valence-corrected chi connectivity index (χ4v) is 13.1. The Morgan fingerprint density at radius 3 is 2.20 bits per heavy atom. The lowest BCUT2D eigenvalue weighted by Crippen LogP contribution is -2.64. The van der Waals surface area contributed by atoms with Crippen molar-refractivity contribution in [1.82, 2.24) is 0 Å². The number of fused-ring (bicyclic) bond motifs is 7. The molecule has 0 aromatic heterocycles. The van der Waals surface area contributed by atoms with Crippen LogP contribution in [0.1, 0.15) is 98.8 Å². The maximum atomic E-state index is 11.1. The van der Waals surface area contributed by atoms with E-state index in [2.05, 4.69) is 27.7 Å². The van der Waals surface area contributed by atoms with Crippen LogP contribution in [0.2, 0.25) is 0 Å². The molecule has 12 heteroatoms. The summed E-state index contributed by atoms with van der Waals surface area (Å²) in [5.74, 6) is 3.63. The van der Waals surface area contributed by atoms with Crippen molar-refractivity contribution in [2.45, 2.75) is 178 Å². The smallest absolute Gasteiger partial charge is 0.187 e. The van der Waals surface area contributed by atoms with Gasteiger partial charge >= 0.3 is 0 Å². The molecule has 8 aliphatic rings. The molecule has 8 rings (SSSR count). The molecule has 0 unspecified atom stereocenters. The number of rotatable bonds is 5. The van der Waals surface area contributed by atoms with Crippen LogP contribution in [0.15, 0.2) is 0 Å². The quantitative estimate of drug-likeness (QED) is 0.229. The molecule has 4 saturated heterocycles. The Bertz CT molecular complexity index is 1250. The van der Waals surface area contributed by atoms with Gasteiger partial charge in [0.05, 0.1) is 31.5 Å². The number of hydrogen-bond donors (Lipinski definition) is 6. The van der Waals surface area contributed by atoms with E-state index < -0.39 is 73.8 Å². The Balaban J connectivity index is 0.941. The molecule has 0 amide bonds. The minimum absolute atomic E-state index is 0.190. The summed E-state index contributed by atoms with van der Waals surface area (Å²) in [6.45, 7) is 11.6. The van der Waals surface area contributed by atoms with Crippen molar-refractivity contribution in [1.29, 1.82) is 0 Å². The Morgan fingerprint density at radius 2 is 1.47 bits per heavy atom. The van der Waals surface area contributed by atoms with Crippen molar-refractivity contribution in [3.63, 3.8) is 0 Å². The predicted molar refractivity (Wildman–Crippen MR) is 182 cm³/mol. The molecule has 4 aliphatic carbocycles.